The molecule has 3 heteroatoms. The maximum absolute atomic E-state index is 10.5. The Morgan fingerprint density at radius 3 is 2.38 bits per heavy atom. The molecule has 0 aromatic rings. The maximum atomic E-state index is 10.5. The third-order valence-electron chi connectivity index (χ3n) is 2.12. The van der Waals surface area contributed by atoms with Gasteiger partial charge in [0.1, 0.15) is 0 Å². The van der Waals surface area contributed by atoms with E-state index in [1.54, 1.807) is 0 Å². The minimum absolute atomic E-state index is 0.0713. The van der Waals surface area contributed by atoms with Crippen molar-refractivity contribution in [1.29, 1.82) is 0 Å². The molecule has 13 heavy (non-hydrogen) atoms. The molecule has 78 valence electrons. The molecule has 0 aliphatic rings. The summed E-state index contributed by atoms with van der Waals surface area (Å²) >= 11 is 5.54. The smallest absolute Gasteiger partial charge is 0.303 e. The number of hydrogen-bond acceptors (Lipinski definition) is 1. The van der Waals surface area contributed by atoms with Gasteiger partial charge in [0.15, 0.2) is 0 Å². The second kappa shape index (κ2) is 6.25. The summed E-state index contributed by atoms with van der Waals surface area (Å²) in [5.41, 5.74) is -0.0713. The predicted molar refractivity (Wildman–Crippen MR) is 55.2 cm³/mol. The number of halogens is 1. The lowest BCUT2D eigenvalue weighted by molar-refractivity contribution is -0.139. The Bertz CT molecular complexity index is 155. The number of hydrogen-bond donors (Lipinski definition) is 1. The number of carbonyl (C=O) groups is 1. The fourth-order valence-corrected chi connectivity index (χ4v) is 1.56. The average Bonchev–Trinajstić information content (AvgIpc) is 1.95. The molecule has 0 saturated heterocycles. The number of aliphatic carboxylic acids is 1. The summed E-state index contributed by atoms with van der Waals surface area (Å²) in [7, 11) is 0. The number of rotatable bonds is 7. The molecule has 0 bridgehead atoms. The molecule has 2 nitrogen and oxygen atoms in total. The first-order chi connectivity index (χ1) is 5.98. The van der Waals surface area contributed by atoms with E-state index in [-0.39, 0.29) is 11.8 Å². The fraction of sp³-hybridized carbons (Fsp3) is 0.900. The third kappa shape index (κ3) is 8.10. The van der Waals surface area contributed by atoms with E-state index in [0.717, 1.165) is 25.7 Å². The van der Waals surface area contributed by atoms with Gasteiger partial charge < -0.3 is 5.11 Å². The van der Waals surface area contributed by atoms with Crippen molar-refractivity contribution in [2.45, 2.75) is 46.0 Å². The lowest BCUT2D eigenvalue weighted by Gasteiger charge is -2.21. The predicted octanol–water partition coefficient (Wildman–Crippen LogP) is 3.29. The quantitative estimate of drug-likeness (QED) is 0.513. The van der Waals surface area contributed by atoms with Gasteiger partial charge in [0.05, 0.1) is 6.42 Å². The summed E-state index contributed by atoms with van der Waals surface area (Å²) < 4.78 is 0. The summed E-state index contributed by atoms with van der Waals surface area (Å²) in [6.07, 6.45) is 4.44. The molecule has 0 aromatic heterocycles. The molecule has 0 spiro atoms. The van der Waals surface area contributed by atoms with Crippen molar-refractivity contribution in [2.75, 3.05) is 5.88 Å². The van der Waals surface area contributed by atoms with Gasteiger partial charge in [-0.1, -0.05) is 26.7 Å². The molecule has 0 unspecified atom stereocenters. The molecule has 0 aromatic carbocycles. The Labute approximate surface area is 85.3 Å². The molecule has 0 amide bonds. The molecular weight excluding hydrogens is 188 g/mol. The summed E-state index contributed by atoms with van der Waals surface area (Å²) in [5, 5.41) is 8.63. The minimum Gasteiger partial charge on any atom is -0.481 e. The van der Waals surface area contributed by atoms with Crippen LogP contribution < -0.4 is 0 Å². The van der Waals surface area contributed by atoms with E-state index in [1.165, 1.54) is 0 Å². The monoisotopic (exact) mass is 206 g/mol. The van der Waals surface area contributed by atoms with Gasteiger partial charge >= 0.3 is 5.97 Å². The summed E-state index contributed by atoms with van der Waals surface area (Å²) in [6.45, 7) is 4.00. The lowest BCUT2D eigenvalue weighted by atomic mass is 9.84. The highest BCUT2D eigenvalue weighted by molar-refractivity contribution is 6.17. The summed E-state index contributed by atoms with van der Waals surface area (Å²) in [6, 6.07) is 0. The molecule has 0 atom stereocenters. The Morgan fingerprint density at radius 1 is 1.31 bits per heavy atom. The molecule has 0 saturated carbocycles. The third-order valence-corrected chi connectivity index (χ3v) is 2.38. The van der Waals surface area contributed by atoms with Gasteiger partial charge in [-0.05, 0) is 18.3 Å². The molecule has 0 heterocycles. The van der Waals surface area contributed by atoms with E-state index >= 15 is 0 Å². The van der Waals surface area contributed by atoms with Crippen LogP contribution in [0.15, 0.2) is 0 Å². The Kier molecular flexibility index (Phi) is 6.13. The standard InChI is InChI=1S/C10H19ClO2/c1-10(2,8-9(12)13)6-4-3-5-7-11/h3-8H2,1-2H3,(H,12,13). The summed E-state index contributed by atoms with van der Waals surface area (Å²) in [4.78, 5) is 10.5. The molecule has 0 radical (unpaired) electrons. The van der Waals surface area contributed by atoms with Crippen LogP contribution in [0, 0.1) is 5.41 Å². The van der Waals surface area contributed by atoms with Crippen molar-refractivity contribution < 1.29 is 9.90 Å². The fourth-order valence-electron chi connectivity index (χ4n) is 1.37. The van der Waals surface area contributed by atoms with Crippen LogP contribution in [0.1, 0.15) is 46.0 Å². The zero-order valence-electron chi connectivity index (χ0n) is 8.48. The summed E-state index contributed by atoms with van der Waals surface area (Å²) in [5.74, 6) is 0.00153. The highest BCUT2D eigenvalue weighted by atomic mass is 35.5. The number of unbranched alkanes of at least 4 members (excludes halogenated alkanes) is 2. The second-order valence-electron chi connectivity index (χ2n) is 4.23. The van der Waals surface area contributed by atoms with Crippen LogP contribution >= 0.6 is 11.6 Å². The molecule has 0 rings (SSSR count). The first-order valence-electron chi connectivity index (χ1n) is 4.76. The van der Waals surface area contributed by atoms with Crippen LogP contribution in [0.5, 0.6) is 0 Å². The number of alkyl halides is 1. The van der Waals surface area contributed by atoms with Gasteiger partial charge in [-0.25, -0.2) is 0 Å². The first kappa shape index (κ1) is 12.8. The van der Waals surface area contributed by atoms with Crippen LogP contribution in [0.4, 0.5) is 0 Å². The SMILES string of the molecule is CC(C)(CCCCCCl)CC(=O)O. The van der Waals surface area contributed by atoms with E-state index in [4.69, 9.17) is 16.7 Å². The van der Waals surface area contributed by atoms with E-state index < -0.39 is 5.97 Å². The lowest BCUT2D eigenvalue weighted by Crippen LogP contribution is -2.16. The Hall–Kier alpha value is -0.240. The Balaban J connectivity index is 3.56. The van der Waals surface area contributed by atoms with Gasteiger partial charge in [0.2, 0.25) is 0 Å². The minimum atomic E-state index is -0.706. The van der Waals surface area contributed by atoms with Crippen LogP contribution in [-0.2, 0) is 4.79 Å². The van der Waals surface area contributed by atoms with Gasteiger partial charge in [-0.2, -0.15) is 0 Å². The number of carboxylic acids is 1. The van der Waals surface area contributed by atoms with Crippen molar-refractivity contribution >= 4 is 17.6 Å². The number of carboxylic acid groups (broad SMARTS) is 1. The maximum Gasteiger partial charge on any atom is 0.303 e. The van der Waals surface area contributed by atoms with Crippen LogP contribution in [0.3, 0.4) is 0 Å². The largest absolute Gasteiger partial charge is 0.481 e. The van der Waals surface area contributed by atoms with E-state index in [2.05, 4.69) is 0 Å². The molecule has 0 fully saturated rings. The van der Waals surface area contributed by atoms with E-state index in [9.17, 15) is 4.79 Å². The van der Waals surface area contributed by atoms with Crippen molar-refractivity contribution in [1.82, 2.24) is 0 Å². The molecule has 0 aliphatic heterocycles. The highest BCUT2D eigenvalue weighted by Crippen LogP contribution is 2.27. The molecular formula is C10H19ClO2. The van der Waals surface area contributed by atoms with Gasteiger partial charge in [-0.15, -0.1) is 11.6 Å². The van der Waals surface area contributed by atoms with Crippen molar-refractivity contribution in [3.8, 4) is 0 Å². The van der Waals surface area contributed by atoms with Gasteiger partial charge in [-0.3, -0.25) is 4.79 Å². The zero-order chi connectivity index (χ0) is 10.3. The average molecular weight is 207 g/mol. The van der Waals surface area contributed by atoms with Gasteiger partial charge in [0.25, 0.3) is 0 Å². The van der Waals surface area contributed by atoms with Crippen LogP contribution in [-0.4, -0.2) is 17.0 Å². The van der Waals surface area contributed by atoms with Crippen molar-refractivity contribution in [3.05, 3.63) is 0 Å². The van der Waals surface area contributed by atoms with E-state index in [0.29, 0.717) is 5.88 Å². The van der Waals surface area contributed by atoms with Crippen LogP contribution in [0.25, 0.3) is 0 Å². The zero-order valence-corrected chi connectivity index (χ0v) is 9.23. The first-order valence-corrected chi connectivity index (χ1v) is 5.29. The second-order valence-corrected chi connectivity index (χ2v) is 4.61. The Morgan fingerprint density at radius 2 is 1.92 bits per heavy atom. The molecule has 1 N–H and O–H groups in total. The van der Waals surface area contributed by atoms with Crippen molar-refractivity contribution in [2.24, 2.45) is 5.41 Å². The van der Waals surface area contributed by atoms with Crippen molar-refractivity contribution in [3.63, 3.8) is 0 Å². The molecule has 0 aliphatic carbocycles. The van der Waals surface area contributed by atoms with Gasteiger partial charge in [0, 0.05) is 5.88 Å². The van der Waals surface area contributed by atoms with E-state index in [1.807, 2.05) is 13.8 Å². The highest BCUT2D eigenvalue weighted by Gasteiger charge is 2.20. The topological polar surface area (TPSA) is 37.3 Å². The normalized spacial score (nSPS) is 11.6. The van der Waals surface area contributed by atoms with Crippen LogP contribution in [0.2, 0.25) is 0 Å².